The number of rotatable bonds is 20. The standard InChI is InChI=1S/C66H96N8O14/c1-39(2)31-51-63(79)85-46(14)60(76)70(16)54(34-42(7)8)66(82)88-56(36-48-21-25-50(26-22-48)38-74-58(27-29-67-74)84-44(11)12)62(78)72(18)52(32-40(3)4)64(80)86-45(13)59(75)69(15)53(33-41(5)6)65(81)87-55(61(77)71(51)17)35-47-19-23-49(24-20-47)37-73-30-28-57(68-73)83-43(9)10/h19-30,39-46,51-56H,31-38H2,1-18H3/t45-,46-,51+,52+,53+,54+,55-,56-/m1/s1. The molecule has 1 aliphatic rings. The molecule has 22 heteroatoms. The number of benzene rings is 2. The molecule has 484 valence electrons. The van der Waals surface area contributed by atoms with Gasteiger partial charge in [-0.2, -0.15) is 5.10 Å². The number of hydrogen-bond acceptors (Lipinski definition) is 16. The van der Waals surface area contributed by atoms with E-state index >= 15 is 9.59 Å². The number of carbonyl (C=O) groups excluding carboxylic acids is 8. The van der Waals surface area contributed by atoms with Gasteiger partial charge in [-0.1, -0.05) is 104 Å². The summed E-state index contributed by atoms with van der Waals surface area (Å²) >= 11 is 0. The molecular formula is C66H96N8O14. The first-order valence-corrected chi connectivity index (χ1v) is 30.8. The van der Waals surface area contributed by atoms with Crippen molar-refractivity contribution in [2.24, 2.45) is 23.7 Å². The summed E-state index contributed by atoms with van der Waals surface area (Å²) in [5.74, 6) is -6.52. The van der Waals surface area contributed by atoms with Gasteiger partial charge in [0.05, 0.1) is 31.5 Å². The fraction of sp³-hybridized carbons (Fsp3) is 0.606. The number of aromatic nitrogens is 4. The number of nitrogens with zero attached hydrogens (tertiary/aromatic N) is 8. The molecule has 3 heterocycles. The van der Waals surface area contributed by atoms with Gasteiger partial charge in [-0.05, 0) is 113 Å². The topological polar surface area (TPSA) is 241 Å². The molecule has 0 aliphatic carbocycles. The predicted octanol–water partition coefficient (Wildman–Crippen LogP) is 7.73. The summed E-state index contributed by atoms with van der Waals surface area (Å²) in [6.07, 6.45) is -2.85. The molecule has 4 amide bonds. The van der Waals surface area contributed by atoms with Gasteiger partial charge in [0, 0.05) is 59.4 Å². The Labute approximate surface area is 519 Å². The number of likely N-dealkylation sites (N-methyl/N-ethyl adjacent to an activating group) is 4. The lowest BCUT2D eigenvalue weighted by atomic mass is 9.99. The summed E-state index contributed by atoms with van der Waals surface area (Å²) in [6.45, 7) is 26.0. The lowest BCUT2D eigenvalue weighted by Crippen LogP contribution is -2.55. The van der Waals surface area contributed by atoms with Crippen molar-refractivity contribution in [3.63, 3.8) is 0 Å². The maximum Gasteiger partial charge on any atom is 0.329 e. The van der Waals surface area contributed by atoms with Crippen molar-refractivity contribution in [2.75, 3.05) is 28.2 Å². The van der Waals surface area contributed by atoms with E-state index in [1.807, 2.05) is 107 Å². The molecule has 2 aromatic carbocycles. The zero-order chi connectivity index (χ0) is 65.4. The highest BCUT2D eigenvalue weighted by Crippen LogP contribution is 2.26. The van der Waals surface area contributed by atoms with E-state index in [1.54, 1.807) is 58.2 Å². The third kappa shape index (κ3) is 20.4. The molecule has 0 saturated carbocycles. The van der Waals surface area contributed by atoms with E-state index in [2.05, 4.69) is 10.2 Å². The van der Waals surface area contributed by atoms with Crippen LogP contribution in [0.25, 0.3) is 0 Å². The van der Waals surface area contributed by atoms with Crippen molar-refractivity contribution in [3.8, 4) is 11.8 Å². The fourth-order valence-electron chi connectivity index (χ4n) is 10.3. The highest BCUT2D eigenvalue weighted by atomic mass is 16.6. The average molecular weight is 1230 g/mol. The molecule has 88 heavy (non-hydrogen) atoms. The number of carbonyl (C=O) groups is 8. The quantitative estimate of drug-likeness (QED) is 0.0607. The van der Waals surface area contributed by atoms with Crippen molar-refractivity contribution in [3.05, 3.63) is 95.3 Å². The van der Waals surface area contributed by atoms with Gasteiger partial charge in [0.2, 0.25) is 11.8 Å². The minimum Gasteiger partial charge on any atom is -0.475 e. The van der Waals surface area contributed by atoms with Crippen LogP contribution in [0.4, 0.5) is 0 Å². The van der Waals surface area contributed by atoms with E-state index in [9.17, 15) is 28.8 Å². The van der Waals surface area contributed by atoms with Crippen LogP contribution in [0.5, 0.6) is 11.8 Å². The zero-order valence-electron chi connectivity index (χ0n) is 55.0. The molecule has 0 unspecified atom stereocenters. The monoisotopic (exact) mass is 1220 g/mol. The summed E-state index contributed by atoms with van der Waals surface area (Å²) in [5.41, 5.74) is 2.92. The maximum absolute atomic E-state index is 15.1. The van der Waals surface area contributed by atoms with Crippen LogP contribution in [0.15, 0.2) is 73.1 Å². The van der Waals surface area contributed by atoms with Gasteiger partial charge in [0.1, 0.15) is 24.2 Å². The van der Waals surface area contributed by atoms with Crippen molar-refractivity contribution in [1.29, 1.82) is 0 Å². The van der Waals surface area contributed by atoms with Crippen LogP contribution in [-0.4, -0.2) is 176 Å². The third-order valence-corrected chi connectivity index (χ3v) is 15.0. The summed E-state index contributed by atoms with van der Waals surface area (Å²) in [7, 11) is 5.56. The second-order valence-corrected chi connectivity index (χ2v) is 25.4. The molecule has 2 aromatic heterocycles. The number of esters is 4. The third-order valence-electron chi connectivity index (χ3n) is 15.0. The van der Waals surface area contributed by atoms with Crippen LogP contribution in [0.1, 0.15) is 145 Å². The summed E-state index contributed by atoms with van der Waals surface area (Å²) in [5, 5.41) is 8.90. The van der Waals surface area contributed by atoms with Crippen LogP contribution in [-0.2, 0) is 83.2 Å². The normalized spacial score (nSPS) is 22.3. The van der Waals surface area contributed by atoms with Crippen molar-refractivity contribution < 1.29 is 66.8 Å². The van der Waals surface area contributed by atoms with Gasteiger partial charge in [0.25, 0.3) is 23.6 Å². The average Bonchev–Trinajstić information content (AvgIpc) is 3.83. The Hall–Kier alpha value is -7.78. The van der Waals surface area contributed by atoms with Gasteiger partial charge < -0.3 is 48.0 Å². The van der Waals surface area contributed by atoms with Crippen LogP contribution in [0.3, 0.4) is 0 Å². The fourth-order valence-corrected chi connectivity index (χ4v) is 10.3. The molecule has 4 aromatic rings. The minimum absolute atomic E-state index is 0.0571. The highest BCUT2D eigenvalue weighted by molar-refractivity contribution is 5.94. The van der Waals surface area contributed by atoms with E-state index in [0.29, 0.717) is 36.0 Å². The van der Waals surface area contributed by atoms with Crippen LogP contribution >= 0.6 is 0 Å². The van der Waals surface area contributed by atoms with Gasteiger partial charge >= 0.3 is 23.9 Å². The van der Waals surface area contributed by atoms with E-state index in [-0.39, 0.29) is 74.4 Å². The van der Waals surface area contributed by atoms with Crippen molar-refractivity contribution >= 4 is 47.5 Å². The Bertz CT molecular complexity index is 2950. The Morgan fingerprint density at radius 3 is 1.14 bits per heavy atom. The van der Waals surface area contributed by atoms with Gasteiger partial charge in [-0.3, -0.25) is 23.9 Å². The van der Waals surface area contributed by atoms with Crippen LogP contribution in [0, 0.1) is 23.7 Å². The van der Waals surface area contributed by atoms with Gasteiger partial charge in [-0.25, -0.2) is 23.9 Å². The molecule has 0 radical (unpaired) electrons. The number of cyclic esters (lactones) is 4. The largest absolute Gasteiger partial charge is 0.475 e. The number of amides is 4. The molecule has 22 nitrogen and oxygen atoms in total. The summed E-state index contributed by atoms with van der Waals surface area (Å²) < 4.78 is 39.4. The van der Waals surface area contributed by atoms with E-state index in [0.717, 1.165) is 30.7 Å². The molecule has 8 atom stereocenters. The van der Waals surface area contributed by atoms with Crippen molar-refractivity contribution in [1.82, 2.24) is 39.2 Å². The maximum atomic E-state index is 15.1. The zero-order valence-corrected chi connectivity index (χ0v) is 55.0. The number of hydrogen-bond donors (Lipinski definition) is 0. The Balaban J connectivity index is 1.57. The second kappa shape index (κ2) is 32.4. The molecular weight excluding hydrogens is 1130 g/mol. The summed E-state index contributed by atoms with van der Waals surface area (Å²) in [4.78, 5) is 123. The van der Waals surface area contributed by atoms with Crippen LogP contribution < -0.4 is 9.47 Å². The summed E-state index contributed by atoms with van der Waals surface area (Å²) in [6, 6.07) is 12.9. The SMILES string of the molecule is CC(C)C[C@H]1C(=O)O[C@H](Cc2ccc(Cn3nccc3OC(C)C)cc2)C(=O)N(C)[C@@H](CC(C)C)C(=O)O[C@H](C)C(=O)N(C)[C@@H](CC(C)C)C(=O)O[C@H](Cc2ccc(Cn3ccc(OC(C)C)n3)cc2)C(=O)N(C)[C@@H](CC(C)C)C(=O)O[C@H](C)C(=O)N1C. The molecule has 0 N–H and O–H groups in total. The Morgan fingerprint density at radius 1 is 0.432 bits per heavy atom. The van der Waals surface area contributed by atoms with Crippen LogP contribution in [0.2, 0.25) is 0 Å². The van der Waals surface area contributed by atoms with Crippen molar-refractivity contribution in [2.45, 2.75) is 209 Å². The van der Waals surface area contributed by atoms with Gasteiger partial charge in [0.15, 0.2) is 24.4 Å². The molecule has 5 rings (SSSR count). The minimum atomic E-state index is -1.56. The molecule has 0 spiro atoms. The highest BCUT2D eigenvalue weighted by Gasteiger charge is 2.43. The van der Waals surface area contributed by atoms with E-state index < -0.39 is 96.1 Å². The van der Waals surface area contributed by atoms with E-state index in [4.69, 9.17) is 28.4 Å². The molecule has 1 saturated heterocycles. The predicted molar refractivity (Wildman–Crippen MR) is 329 cm³/mol. The first-order valence-electron chi connectivity index (χ1n) is 30.8. The van der Waals surface area contributed by atoms with Gasteiger partial charge in [-0.15, -0.1) is 5.10 Å². The Morgan fingerprint density at radius 2 is 0.773 bits per heavy atom. The Kier molecular flexibility index (Phi) is 26.2. The lowest BCUT2D eigenvalue weighted by Gasteiger charge is -2.35. The number of ether oxygens (including phenoxy) is 6. The lowest BCUT2D eigenvalue weighted by molar-refractivity contribution is -0.176. The molecule has 1 fully saturated rings. The first kappa shape index (κ1) is 71.0. The molecule has 0 bridgehead atoms. The second-order valence-electron chi connectivity index (χ2n) is 25.4. The smallest absolute Gasteiger partial charge is 0.329 e. The first-order chi connectivity index (χ1) is 41.3. The molecule has 1 aliphatic heterocycles. The van der Waals surface area contributed by atoms with E-state index in [1.165, 1.54) is 42.0 Å².